The molecule has 2 aromatic carbocycles. The molecular formula is C24H28N4O3. The number of phenolic OH excluding ortho intramolecular Hbond substituents is 1. The number of hydrogen-bond donors (Lipinski definition) is 2. The molecule has 31 heavy (non-hydrogen) atoms. The van der Waals surface area contributed by atoms with Gasteiger partial charge in [-0.25, -0.2) is 0 Å². The molecule has 162 valence electrons. The number of amides is 1. The number of benzene rings is 2. The minimum atomic E-state index is -0.152. The number of carbonyl (C=O) groups excluding carboxylic acids is 1. The van der Waals surface area contributed by atoms with Crippen molar-refractivity contribution in [2.75, 3.05) is 26.3 Å². The number of H-pyrrole nitrogens is 1. The summed E-state index contributed by atoms with van der Waals surface area (Å²) in [5.41, 5.74) is 5.60. The van der Waals surface area contributed by atoms with E-state index in [0.717, 1.165) is 49.4 Å². The zero-order valence-corrected chi connectivity index (χ0v) is 18.0. The van der Waals surface area contributed by atoms with E-state index in [4.69, 9.17) is 4.74 Å². The summed E-state index contributed by atoms with van der Waals surface area (Å²) in [5, 5.41) is 18.7. The summed E-state index contributed by atoms with van der Waals surface area (Å²) in [4.78, 5) is 17.5. The van der Waals surface area contributed by atoms with Crippen LogP contribution in [0.4, 0.5) is 0 Å². The molecule has 0 bridgehead atoms. The molecule has 0 saturated carbocycles. The van der Waals surface area contributed by atoms with Gasteiger partial charge in [-0.15, -0.1) is 0 Å². The summed E-state index contributed by atoms with van der Waals surface area (Å²) >= 11 is 0. The number of aromatic hydroxyl groups is 1. The van der Waals surface area contributed by atoms with Gasteiger partial charge in [-0.3, -0.25) is 14.8 Å². The standard InChI is InChI=1S/C24H28N4O3/c1-15(2)23-19-10-20(22(29)11-21(19)25-26-23)24(30)28-13-17-4-3-16(9-18(17)14-28)12-27-5-7-31-8-6-27/h3-4,9-11,15,29H,5-8,12-14H2,1-2H3,(H,25,26). The largest absolute Gasteiger partial charge is 0.507 e. The number of aromatic nitrogens is 2. The van der Waals surface area contributed by atoms with E-state index in [9.17, 15) is 9.90 Å². The fraction of sp³-hybridized carbons (Fsp3) is 0.417. The van der Waals surface area contributed by atoms with Crippen molar-refractivity contribution < 1.29 is 14.6 Å². The Morgan fingerprint density at radius 1 is 1.16 bits per heavy atom. The molecule has 3 heterocycles. The molecule has 1 saturated heterocycles. The molecule has 0 spiro atoms. The van der Waals surface area contributed by atoms with Crippen molar-refractivity contribution in [3.05, 3.63) is 58.3 Å². The SMILES string of the molecule is CC(C)c1n[nH]c2cc(O)c(C(=O)N3Cc4ccc(CN5CCOCC5)cc4C3)cc12. The monoisotopic (exact) mass is 420 g/mol. The summed E-state index contributed by atoms with van der Waals surface area (Å²) in [6, 6.07) is 9.89. The van der Waals surface area contributed by atoms with Crippen molar-refractivity contribution in [2.45, 2.75) is 39.4 Å². The maximum atomic E-state index is 13.3. The molecule has 2 N–H and O–H groups in total. The smallest absolute Gasteiger partial charge is 0.258 e. The van der Waals surface area contributed by atoms with Crippen LogP contribution in [0.2, 0.25) is 0 Å². The van der Waals surface area contributed by atoms with Crippen molar-refractivity contribution in [3.8, 4) is 5.75 Å². The van der Waals surface area contributed by atoms with Gasteiger partial charge in [0.1, 0.15) is 5.75 Å². The Morgan fingerprint density at radius 3 is 2.71 bits per heavy atom. The third-order valence-electron chi connectivity index (χ3n) is 6.28. The maximum Gasteiger partial charge on any atom is 0.258 e. The number of phenols is 1. The van der Waals surface area contributed by atoms with E-state index in [0.29, 0.717) is 18.7 Å². The Balaban J connectivity index is 1.36. The van der Waals surface area contributed by atoms with Gasteiger partial charge >= 0.3 is 0 Å². The van der Waals surface area contributed by atoms with E-state index in [2.05, 4.69) is 47.1 Å². The van der Waals surface area contributed by atoms with Crippen LogP contribution in [-0.2, 0) is 24.4 Å². The first-order chi connectivity index (χ1) is 15.0. The van der Waals surface area contributed by atoms with Crippen LogP contribution in [0.1, 0.15) is 52.5 Å². The van der Waals surface area contributed by atoms with E-state index >= 15 is 0 Å². The van der Waals surface area contributed by atoms with E-state index in [1.807, 2.05) is 0 Å². The molecule has 1 aromatic heterocycles. The third-order valence-corrected chi connectivity index (χ3v) is 6.28. The lowest BCUT2D eigenvalue weighted by molar-refractivity contribution is 0.0342. The summed E-state index contributed by atoms with van der Waals surface area (Å²) in [5.74, 6) is 0.0591. The van der Waals surface area contributed by atoms with Gasteiger partial charge in [-0.2, -0.15) is 5.10 Å². The lowest BCUT2D eigenvalue weighted by Gasteiger charge is -2.26. The van der Waals surface area contributed by atoms with Crippen LogP contribution in [0.15, 0.2) is 30.3 Å². The summed E-state index contributed by atoms with van der Waals surface area (Å²) in [7, 11) is 0. The van der Waals surface area contributed by atoms with Crippen LogP contribution >= 0.6 is 0 Å². The molecule has 7 nitrogen and oxygen atoms in total. The molecule has 5 rings (SSSR count). The maximum absolute atomic E-state index is 13.3. The Hall–Kier alpha value is -2.90. The first-order valence-electron chi connectivity index (χ1n) is 10.9. The highest BCUT2D eigenvalue weighted by atomic mass is 16.5. The molecule has 0 unspecified atom stereocenters. The predicted octanol–water partition coefficient (Wildman–Crippen LogP) is 3.38. The van der Waals surface area contributed by atoms with E-state index in [-0.39, 0.29) is 17.6 Å². The number of nitrogens with zero attached hydrogens (tertiary/aromatic N) is 3. The van der Waals surface area contributed by atoms with Crippen molar-refractivity contribution in [1.29, 1.82) is 0 Å². The van der Waals surface area contributed by atoms with Crippen molar-refractivity contribution in [1.82, 2.24) is 20.0 Å². The number of ether oxygens (including phenoxy) is 1. The summed E-state index contributed by atoms with van der Waals surface area (Å²) in [6.07, 6.45) is 0. The average Bonchev–Trinajstić information content (AvgIpc) is 3.37. The van der Waals surface area contributed by atoms with Crippen LogP contribution in [0.3, 0.4) is 0 Å². The van der Waals surface area contributed by atoms with Gasteiger partial charge in [0, 0.05) is 44.2 Å². The number of aromatic amines is 1. The van der Waals surface area contributed by atoms with Gasteiger partial charge in [0.25, 0.3) is 5.91 Å². The first-order valence-corrected chi connectivity index (χ1v) is 10.9. The topological polar surface area (TPSA) is 81.7 Å². The lowest BCUT2D eigenvalue weighted by atomic mass is 10.0. The molecule has 1 fully saturated rings. The predicted molar refractivity (Wildman–Crippen MR) is 118 cm³/mol. The number of fused-ring (bicyclic) bond motifs is 2. The van der Waals surface area contributed by atoms with Crippen molar-refractivity contribution >= 4 is 16.8 Å². The summed E-state index contributed by atoms with van der Waals surface area (Å²) < 4.78 is 5.43. The average molecular weight is 421 g/mol. The second-order valence-corrected chi connectivity index (χ2v) is 8.83. The molecule has 2 aliphatic heterocycles. The Bertz CT molecular complexity index is 1130. The van der Waals surface area contributed by atoms with Gasteiger partial charge in [-0.1, -0.05) is 32.0 Å². The molecule has 7 heteroatoms. The molecular weight excluding hydrogens is 392 g/mol. The minimum absolute atomic E-state index is 0.0135. The second kappa shape index (κ2) is 7.98. The van der Waals surface area contributed by atoms with Crippen molar-refractivity contribution in [3.63, 3.8) is 0 Å². The molecule has 2 aliphatic rings. The fourth-order valence-corrected chi connectivity index (χ4v) is 4.56. The van der Waals surface area contributed by atoms with Gasteiger partial charge < -0.3 is 14.7 Å². The third kappa shape index (κ3) is 3.79. The minimum Gasteiger partial charge on any atom is -0.507 e. The van der Waals surface area contributed by atoms with E-state index in [1.165, 1.54) is 16.7 Å². The van der Waals surface area contributed by atoms with E-state index < -0.39 is 0 Å². The Labute approximate surface area is 181 Å². The van der Waals surface area contributed by atoms with Gasteiger partial charge in [0.15, 0.2) is 0 Å². The molecule has 0 atom stereocenters. The van der Waals surface area contributed by atoms with Gasteiger partial charge in [-0.05, 0) is 28.7 Å². The van der Waals surface area contributed by atoms with Crippen LogP contribution in [-0.4, -0.2) is 57.3 Å². The number of carbonyl (C=O) groups is 1. The molecule has 0 radical (unpaired) electrons. The first kappa shape index (κ1) is 20.0. The Kier molecular flexibility index (Phi) is 5.16. The number of morpholine rings is 1. The highest BCUT2D eigenvalue weighted by molar-refractivity contribution is 6.01. The molecule has 3 aromatic rings. The van der Waals surface area contributed by atoms with E-state index in [1.54, 1.807) is 17.0 Å². The zero-order chi connectivity index (χ0) is 21.5. The van der Waals surface area contributed by atoms with Crippen LogP contribution in [0.25, 0.3) is 10.9 Å². The van der Waals surface area contributed by atoms with Crippen LogP contribution in [0.5, 0.6) is 5.75 Å². The molecule has 1 amide bonds. The summed E-state index contributed by atoms with van der Waals surface area (Å²) in [6.45, 7) is 9.64. The van der Waals surface area contributed by atoms with Crippen LogP contribution < -0.4 is 0 Å². The Morgan fingerprint density at radius 2 is 1.94 bits per heavy atom. The normalized spacial score (nSPS) is 16.9. The van der Waals surface area contributed by atoms with Crippen molar-refractivity contribution in [2.24, 2.45) is 0 Å². The number of hydrogen-bond acceptors (Lipinski definition) is 5. The lowest BCUT2D eigenvalue weighted by Crippen LogP contribution is -2.35. The number of rotatable bonds is 4. The quantitative estimate of drug-likeness (QED) is 0.676. The van der Waals surface area contributed by atoms with Gasteiger partial charge in [0.2, 0.25) is 0 Å². The zero-order valence-electron chi connectivity index (χ0n) is 18.0. The second-order valence-electron chi connectivity index (χ2n) is 8.83. The van der Waals surface area contributed by atoms with Gasteiger partial charge in [0.05, 0.1) is 30.0 Å². The number of nitrogens with one attached hydrogen (secondary N) is 1. The highest BCUT2D eigenvalue weighted by Gasteiger charge is 2.27. The highest BCUT2D eigenvalue weighted by Crippen LogP contribution is 2.32. The fourth-order valence-electron chi connectivity index (χ4n) is 4.56. The molecule has 0 aliphatic carbocycles. The van der Waals surface area contributed by atoms with Crippen LogP contribution in [0, 0.1) is 0 Å².